The molecule has 2 nitrogen and oxygen atoms in total. The van der Waals surface area contributed by atoms with E-state index in [4.69, 9.17) is 0 Å². The van der Waals surface area contributed by atoms with Crippen molar-refractivity contribution in [3.63, 3.8) is 0 Å². The number of hydrogen-bond acceptors (Lipinski definition) is 4. The van der Waals surface area contributed by atoms with Crippen LogP contribution >= 0.6 is 21.6 Å². The van der Waals surface area contributed by atoms with Crippen LogP contribution in [0.5, 0.6) is 0 Å². The van der Waals surface area contributed by atoms with Gasteiger partial charge >= 0.3 is 0 Å². The van der Waals surface area contributed by atoms with Crippen LogP contribution in [0.15, 0.2) is 0 Å². The molecule has 0 saturated carbocycles. The van der Waals surface area contributed by atoms with Gasteiger partial charge in [0.2, 0.25) is 0 Å². The van der Waals surface area contributed by atoms with E-state index >= 15 is 0 Å². The Labute approximate surface area is 113 Å². The lowest BCUT2D eigenvalue weighted by Crippen LogP contribution is -2.30. The maximum absolute atomic E-state index is 12.0. The molecule has 0 atom stereocenters. The fourth-order valence-electron chi connectivity index (χ4n) is 1.08. The van der Waals surface area contributed by atoms with E-state index in [1.54, 1.807) is 28.5 Å². The lowest BCUT2D eigenvalue weighted by Gasteiger charge is -2.27. The van der Waals surface area contributed by atoms with Crippen molar-refractivity contribution >= 4 is 33.2 Å². The second-order valence-corrected chi connectivity index (χ2v) is 7.85. The van der Waals surface area contributed by atoms with Crippen molar-refractivity contribution in [3.05, 3.63) is 0 Å². The first-order valence-electron chi connectivity index (χ1n) is 6.05. The van der Waals surface area contributed by atoms with Gasteiger partial charge in [-0.05, 0) is 12.8 Å². The van der Waals surface area contributed by atoms with Crippen LogP contribution in [0.3, 0.4) is 0 Å². The van der Waals surface area contributed by atoms with Crippen molar-refractivity contribution in [2.45, 2.75) is 47.5 Å². The third-order valence-corrected chi connectivity index (χ3v) is 5.60. The summed E-state index contributed by atoms with van der Waals surface area (Å²) in [7, 11) is 3.38. The molecule has 0 bridgehead atoms. The summed E-state index contributed by atoms with van der Waals surface area (Å²) in [5, 5.41) is 0. The second-order valence-electron chi connectivity index (χ2n) is 5.15. The molecule has 0 heterocycles. The Balaban J connectivity index is 3.69. The van der Waals surface area contributed by atoms with Crippen LogP contribution in [0.4, 0.5) is 0 Å². The lowest BCUT2D eigenvalue weighted by atomic mass is 9.76. The van der Waals surface area contributed by atoms with Crippen LogP contribution in [0.1, 0.15) is 47.5 Å². The van der Waals surface area contributed by atoms with Gasteiger partial charge in [0.25, 0.3) is 0 Å². The van der Waals surface area contributed by atoms with E-state index in [2.05, 4.69) is 13.8 Å². The average molecular weight is 276 g/mol. The van der Waals surface area contributed by atoms with Crippen LogP contribution in [-0.4, -0.2) is 23.1 Å². The third kappa shape index (κ3) is 7.14. The first-order chi connectivity index (χ1) is 7.78. The highest BCUT2D eigenvalue weighted by Gasteiger charge is 2.30. The largest absolute Gasteiger partial charge is 0.300 e. The topological polar surface area (TPSA) is 34.1 Å². The zero-order chi connectivity index (χ0) is 13.5. The Bertz CT molecular complexity index is 260. The highest BCUT2D eigenvalue weighted by molar-refractivity contribution is 8.76. The summed E-state index contributed by atoms with van der Waals surface area (Å²) in [6.45, 7) is 9.83. The van der Waals surface area contributed by atoms with Gasteiger partial charge in [-0.15, -0.1) is 0 Å². The second kappa shape index (κ2) is 8.20. The Morgan fingerprint density at radius 3 is 1.94 bits per heavy atom. The molecule has 17 heavy (non-hydrogen) atoms. The summed E-state index contributed by atoms with van der Waals surface area (Å²) in [6, 6.07) is 0. The van der Waals surface area contributed by atoms with Crippen molar-refractivity contribution < 1.29 is 9.59 Å². The molecule has 0 saturated heterocycles. The quantitative estimate of drug-likeness (QED) is 0.471. The highest BCUT2D eigenvalue weighted by Crippen LogP contribution is 2.30. The van der Waals surface area contributed by atoms with E-state index in [1.165, 1.54) is 0 Å². The van der Waals surface area contributed by atoms with E-state index in [1.807, 2.05) is 13.8 Å². The van der Waals surface area contributed by atoms with Crippen molar-refractivity contribution in [1.29, 1.82) is 0 Å². The molecule has 0 aliphatic rings. The first-order valence-corrected chi connectivity index (χ1v) is 8.54. The molecular weight excluding hydrogens is 252 g/mol. The maximum Gasteiger partial charge on any atom is 0.139 e. The smallest absolute Gasteiger partial charge is 0.139 e. The summed E-state index contributed by atoms with van der Waals surface area (Å²) in [4.78, 5) is 22.7. The van der Waals surface area contributed by atoms with Crippen LogP contribution < -0.4 is 0 Å². The third-order valence-electron chi connectivity index (χ3n) is 3.20. The van der Waals surface area contributed by atoms with E-state index in [0.29, 0.717) is 24.5 Å². The number of rotatable bonds is 9. The fourth-order valence-corrected chi connectivity index (χ4v) is 3.16. The number of ketones is 2. The summed E-state index contributed by atoms with van der Waals surface area (Å²) in [5.74, 6) is 2.65. The zero-order valence-corrected chi connectivity index (χ0v) is 13.2. The molecule has 100 valence electrons. The van der Waals surface area contributed by atoms with Gasteiger partial charge in [-0.25, -0.2) is 0 Å². The van der Waals surface area contributed by atoms with Crippen molar-refractivity contribution in [1.82, 2.24) is 0 Å². The molecule has 0 rings (SSSR count). The van der Waals surface area contributed by atoms with Gasteiger partial charge in [0.15, 0.2) is 0 Å². The summed E-state index contributed by atoms with van der Waals surface area (Å²) in [6.07, 6.45) is 1.26. The van der Waals surface area contributed by atoms with Crippen LogP contribution in [0.25, 0.3) is 0 Å². The summed E-state index contributed by atoms with van der Waals surface area (Å²) in [5.41, 5.74) is -0.218. The van der Waals surface area contributed by atoms with Crippen molar-refractivity contribution in [2.24, 2.45) is 11.3 Å². The molecule has 0 aliphatic heterocycles. The molecule has 0 aliphatic carbocycles. The number of carbonyl (C=O) groups excluding carboxylic acids is 2. The molecule has 0 N–H and O–H groups in total. The molecule has 0 spiro atoms. The average Bonchev–Trinajstić information content (AvgIpc) is 2.21. The molecule has 0 radical (unpaired) electrons. The Morgan fingerprint density at radius 2 is 1.53 bits per heavy atom. The van der Waals surface area contributed by atoms with Gasteiger partial charge in [-0.2, -0.15) is 0 Å². The van der Waals surface area contributed by atoms with Gasteiger partial charge in [0.1, 0.15) is 11.6 Å². The van der Waals surface area contributed by atoms with E-state index in [-0.39, 0.29) is 11.2 Å². The molecular formula is C13H24O2S2. The molecule has 0 unspecified atom stereocenters. The number of Topliss-reactive ketones (excluding diaryl/α,β-unsaturated/α-hetero) is 2. The summed E-state index contributed by atoms with van der Waals surface area (Å²) >= 11 is 0. The number of carbonyl (C=O) groups is 2. The van der Waals surface area contributed by atoms with Gasteiger partial charge in [-0.1, -0.05) is 49.3 Å². The van der Waals surface area contributed by atoms with E-state index in [9.17, 15) is 9.59 Å². The normalized spacial score (nSPS) is 11.9. The fraction of sp³-hybridized carbons (Fsp3) is 0.846. The Hall–Kier alpha value is 0.0400. The van der Waals surface area contributed by atoms with Crippen molar-refractivity contribution in [3.8, 4) is 0 Å². The predicted molar refractivity (Wildman–Crippen MR) is 78.5 cm³/mol. The van der Waals surface area contributed by atoms with Gasteiger partial charge in [0.05, 0.1) is 0 Å². The minimum Gasteiger partial charge on any atom is -0.300 e. The van der Waals surface area contributed by atoms with Crippen molar-refractivity contribution in [2.75, 3.05) is 11.5 Å². The Morgan fingerprint density at radius 1 is 1.06 bits per heavy atom. The minimum atomic E-state index is -0.218. The van der Waals surface area contributed by atoms with Gasteiger partial charge in [0, 0.05) is 29.8 Å². The monoisotopic (exact) mass is 276 g/mol. The first kappa shape index (κ1) is 17.0. The molecule has 0 aromatic rings. The molecule has 0 aromatic heterocycles. The maximum atomic E-state index is 12.0. The lowest BCUT2D eigenvalue weighted by molar-refractivity contribution is -0.128. The molecule has 0 fully saturated rings. The SMILES string of the molecule is CC(=O)CCSSCCC(=O)C(C)(C)C(C)C. The molecule has 0 amide bonds. The predicted octanol–water partition coefficient (Wildman–Crippen LogP) is 3.99. The molecule has 0 aromatic carbocycles. The number of hydrogen-bond donors (Lipinski definition) is 0. The highest BCUT2D eigenvalue weighted by atomic mass is 33.1. The zero-order valence-electron chi connectivity index (χ0n) is 11.5. The standard InChI is InChI=1S/C13H24O2S2/c1-10(2)13(4,5)12(15)7-9-17-16-8-6-11(3)14/h10H,6-9H2,1-5H3. The van der Waals surface area contributed by atoms with Crippen LogP contribution in [0, 0.1) is 11.3 Å². The van der Waals surface area contributed by atoms with E-state index in [0.717, 1.165) is 11.5 Å². The molecule has 4 heteroatoms. The summed E-state index contributed by atoms with van der Waals surface area (Å²) < 4.78 is 0. The Kier molecular flexibility index (Phi) is 8.22. The van der Waals surface area contributed by atoms with Crippen LogP contribution in [-0.2, 0) is 9.59 Å². The van der Waals surface area contributed by atoms with E-state index < -0.39 is 0 Å². The van der Waals surface area contributed by atoms with Gasteiger partial charge in [-0.3, -0.25) is 9.59 Å². The van der Waals surface area contributed by atoms with Crippen LogP contribution in [0.2, 0.25) is 0 Å². The minimum absolute atomic E-state index is 0.218. The van der Waals surface area contributed by atoms with Gasteiger partial charge < -0.3 is 0 Å².